The van der Waals surface area contributed by atoms with E-state index in [1.807, 2.05) is 18.2 Å². The van der Waals surface area contributed by atoms with Gasteiger partial charge in [-0.15, -0.1) is 0 Å². The first kappa shape index (κ1) is 20.3. The van der Waals surface area contributed by atoms with Crippen molar-refractivity contribution in [1.82, 2.24) is 15.0 Å². The molecule has 2 aromatic heterocycles. The average Bonchev–Trinajstić information content (AvgIpc) is 2.75. The molecule has 0 aliphatic carbocycles. The number of hydrogen-bond donors (Lipinski definition) is 1. The van der Waals surface area contributed by atoms with Gasteiger partial charge in [-0.2, -0.15) is 0 Å². The molecule has 0 amide bonds. The minimum absolute atomic E-state index is 0.187. The summed E-state index contributed by atoms with van der Waals surface area (Å²) in [4.78, 5) is 16.1. The van der Waals surface area contributed by atoms with Crippen molar-refractivity contribution in [3.05, 3.63) is 48.0 Å². The van der Waals surface area contributed by atoms with Gasteiger partial charge in [0, 0.05) is 31.4 Å². The molecule has 0 atom stereocenters. The molecule has 1 fully saturated rings. The summed E-state index contributed by atoms with van der Waals surface area (Å²) in [7, 11) is 1.55. The van der Waals surface area contributed by atoms with Gasteiger partial charge in [-0.25, -0.2) is 14.4 Å². The maximum atomic E-state index is 14.3. The van der Waals surface area contributed by atoms with Crippen molar-refractivity contribution in [1.29, 1.82) is 0 Å². The monoisotopic (exact) mass is 409 g/mol. The molecule has 158 valence electrons. The maximum Gasteiger partial charge on any atom is 0.172 e. The zero-order valence-corrected chi connectivity index (χ0v) is 17.7. The number of halogens is 1. The fourth-order valence-corrected chi connectivity index (χ4v) is 3.97. The summed E-state index contributed by atoms with van der Waals surface area (Å²) >= 11 is 0. The molecule has 7 heteroatoms. The molecule has 0 saturated carbocycles. The van der Waals surface area contributed by atoms with E-state index in [1.54, 1.807) is 19.5 Å². The zero-order valence-electron chi connectivity index (χ0n) is 17.7. The van der Waals surface area contributed by atoms with Crippen LogP contribution in [0.5, 0.6) is 5.75 Å². The second-order valence-electron chi connectivity index (χ2n) is 8.15. The van der Waals surface area contributed by atoms with Crippen molar-refractivity contribution in [3.8, 4) is 5.75 Å². The van der Waals surface area contributed by atoms with Crippen molar-refractivity contribution < 1.29 is 9.13 Å². The number of aromatic nitrogens is 3. The first-order chi connectivity index (χ1) is 14.5. The van der Waals surface area contributed by atoms with E-state index in [0.29, 0.717) is 11.7 Å². The third-order valence-electron chi connectivity index (χ3n) is 5.56. The fourth-order valence-electron chi connectivity index (χ4n) is 3.97. The van der Waals surface area contributed by atoms with E-state index < -0.39 is 0 Å². The highest BCUT2D eigenvalue weighted by Gasteiger charge is 2.24. The van der Waals surface area contributed by atoms with Gasteiger partial charge in [-0.3, -0.25) is 4.98 Å². The number of hydrogen-bond acceptors (Lipinski definition) is 6. The molecular formula is C23H28FN5O. The molecule has 0 radical (unpaired) electrons. The number of piperidine rings is 1. The van der Waals surface area contributed by atoms with Crippen molar-refractivity contribution in [3.63, 3.8) is 0 Å². The first-order valence-corrected chi connectivity index (χ1v) is 10.5. The van der Waals surface area contributed by atoms with Gasteiger partial charge in [0.15, 0.2) is 11.6 Å². The lowest BCUT2D eigenvalue weighted by atomic mass is 9.90. The number of fused-ring (bicyclic) bond motifs is 1. The second kappa shape index (κ2) is 8.81. The Labute approximate surface area is 176 Å². The van der Waals surface area contributed by atoms with Crippen LogP contribution in [0.1, 0.15) is 32.3 Å². The van der Waals surface area contributed by atoms with Crippen LogP contribution >= 0.6 is 0 Å². The highest BCUT2D eigenvalue weighted by molar-refractivity contribution is 5.79. The van der Waals surface area contributed by atoms with Gasteiger partial charge in [0.2, 0.25) is 0 Å². The lowest BCUT2D eigenvalue weighted by Crippen LogP contribution is -2.36. The molecule has 1 aliphatic rings. The Bertz CT molecular complexity index is 1020. The summed E-state index contributed by atoms with van der Waals surface area (Å²) in [6.45, 7) is 5.93. The average molecular weight is 410 g/mol. The number of anilines is 2. The number of benzene rings is 1. The van der Waals surface area contributed by atoms with Crippen LogP contribution in [0.15, 0.2) is 36.7 Å². The van der Waals surface area contributed by atoms with E-state index in [2.05, 4.69) is 29.0 Å². The molecule has 3 aromatic rings. The molecule has 4 rings (SSSR count). The van der Waals surface area contributed by atoms with Crippen molar-refractivity contribution in [2.75, 3.05) is 30.4 Å². The number of pyridine rings is 1. The van der Waals surface area contributed by atoms with Gasteiger partial charge in [-0.05, 0) is 56.7 Å². The number of nitrogens with zero attached hydrogens (tertiary/aromatic N) is 4. The Kier molecular flexibility index (Phi) is 5.97. The predicted molar refractivity (Wildman–Crippen MR) is 118 cm³/mol. The normalized spacial score (nSPS) is 15.0. The number of ether oxygens (including phenoxy) is 1. The Morgan fingerprint density at radius 1 is 1.17 bits per heavy atom. The molecule has 0 bridgehead atoms. The smallest absolute Gasteiger partial charge is 0.172 e. The van der Waals surface area contributed by atoms with E-state index in [-0.39, 0.29) is 11.9 Å². The summed E-state index contributed by atoms with van der Waals surface area (Å²) in [6.07, 6.45) is 6.20. The molecule has 0 spiro atoms. The lowest BCUT2D eigenvalue weighted by molar-refractivity contribution is 0.392. The second-order valence-corrected chi connectivity index (χ2v) is 8.15. The van der Waals surface area contributed by atoms with Crippen LogP contribution < -0.4 is 15.0 Å². The summed E-state index contributed by atoms with van der Waals surface area (Å²) in [5, 5.41) is 3.43. The Balaban J connectivity index is 1.49. The van der Waals surface area contributed by atoms with Gasteiger partial charge in [0.25, 0.3) is 0 Å². The molecule has 1 aromatic carbocycles. The van der Waals surface area contributed by atoms with E-state index in [9.17, 15) is 4.39 Å². The topological polar surface area (TPSA) is 63.2 Å². The molecular weight excluding hydrogens is 381 g/mol. The number of rotatable bonds is 6. The standard InChI is InChI=1S/C23H28FN5O/c1-15(2)26-22-23(28-21-14-25-9-6-20(21)27-22)29-10-7-16(8-11-29)12-17-4-5-18(30-3)13-19(17)24/h4-6,9,13-16H,7-8,10-12H2,1-3H3,(H,26,27). The highest BCUT2D eigenvalue weighted by atomic mass is 19.1. The predicted octanol–water partition coefficient (Wildman–Crippen LogP) is 4.45. The summed E-state index contributed by atoms with van der Waals surface area (Å²) < 4.78 is 19.4. The van der Waals surface area contributed by atoms with Crippen molar-refractivity contribution in [2.24, 2.45) is 5.92 Å². The van der Waals surface area contributed by atoms with Crippen LogP contribution in [0.2, 0.25) is 0 Å². The van der Waals surface area contributed by atoms with Crippen LogP contribution in [-0.4, -0.2) is 41.2 Å². The molecule has 0 unspecified atom stereocenters. The lowest BCUT2D eigenvalue weighted by Gasteiger charge is -2.34. The van der Waals surface area contributed by atoms with Gasteiger partial charge >= 0.3 is 0 Å². The Hall–Kier alpha value is -2.96. The molecule has 1 N–H and O–H groups in total. The third kappa shape index (κ3) is 4.45. The molecule has 6 nitrogen and oxygen atoms in total. The van der Waals surface area contributed by atoms with Crippen molar-refractivity contribution >= 4 is 22.7 Å². The van der Waals surface area contributed by atoms with Crippen LogP contribution in [0, 0.1) is 11.7 Å². The zero-order chi connectivity index (χ0) is 21.1. The molecule has 30 heavy (non-hydrogen) atoms. The molecule has 1 saturated heterocycles. The SMILES string of the molecule is COc1ccc(CC2CCN(c3nc4cnccc4nc3NC(C)C)CC2)c(F)c1. The van der Waals surface area contributed by atoms with Crippen LogP contribution in [0.4, 0.5) is 16.0 Å². The highest BCUT2D eigenvalue weighted by Crippen LogP contribution is 2.31. The summed E-state index contributed by atoms with van der Waals surface area (Å²) in [5.41, 5.74) is 2.39. The van der Waals surface area contributed by atoms with Gasteiger partial charge < -0.3 is 15.0 Å². The van der Waals surface area contributed by atoms with Crippen LogP contribution in [0.3, 0.4) is 0 Å². The van der Waals surface area contributed by atoms with Gasteiger partial charge in [0.05, 0.1) is 18.8 Å². The Morgan fingerprint density at radius 2 is 1.97 bits per heavy atom. The van der Waals surface area contributed by atoms with E-state index in [0.717, 1.165) is 60.6 Å². The summed E-state index contributed by atoms with van der Waals surface area (Å²) in [5.74, 6) is 2.50. The van der Waals surface area contributed by atoms with E-state index in [4.69, 9.17) is 14.7 Å². The quantitative estimate of drug-likeness (QED) is 0.649. The molecule has 1 aliphatic heterocycles. The first-order valence-electron chi connectivity index (χ1n) is 10.5. The summed E-state index contributed by atoms with van der Waals surface area (Å²) in [6, 6.07) is 7.27. The van der Waals surface area contributed by atoms with Gasteiger partial charge in [-0.1, -0.05) is 6.07 Å². The maximum absolute atomic E-state index is 14.3. The largest absolute Gasteiger partial charge is 0.497 e. The van der Waals surface area contributed by atoms with Gasteiger partial charge in [0.1, 0.15) is 17.1 Å². The fraction of sp³-hybridized carbons (Fsp3) is 0.435. The minimum Gasteiger partial charge on any atom is -0.497 e. The number of methoxy groups -OCH3 is 1. The van der Waals surface area contributed by atoms with Crippen LogP contribution in [0.25, 0.3) is 11.0 Å². The van der Waals surface area contributed by atoms with E-state index >= 15 is 0 Å². The van der Waals surface area contributed by atoms with Crippen molar-refractivity contribution in [2.45, 2.75) is 39.2 Å². The van der Waals surface area contributed by atoms with E-state index in [1.165, 1.54) is 6.07 Å². The minimum atomic E-state index is -0.187. The van der Waals surface area contributed by atoms with Crippen LogP contribution in [-0.2, 0) is 6.42 Å². The third-order valence-corrected chi connectivity index (χ3v) is 5.56. The molecule has 3 heterocycles. The Morgan fingerprint density at radius 3 is 2.67 bits per heavy atom. The number of nitrogens with one attached hydrogen (secondary N) is 1.